The second kappa shape index (κ2) is 18.7. The molecule has 0 saturated carbocycles. The number of hydrogen-bond donors (Lipinski definition) is 0. The quantitative estimate of drug-likeness (QED) is 0.157. The SMILES string of the molecule is c1ccc(-n2c3ccccc3c3cc4c5ccccc5n(-c5ccc(-c6cc(-n7c8ccccc8c8cc9c%10ccccc%10n(-c%10ccccc%10)c9cc87)nc(-n7c8ccccc8c8cc9c%10ccccc%10n(-c%10ccccc%10)c9cc87)c6)cc5)c4cc32)cc1. The fraction of sp³-hybridized carbons (Fsp3) is 0. The molecular weight excluding hydrogens is 1090 g/mol. The predicted octanol–water partition coefficient (Wildman–Crippen LogP) is 21.3. The molecule has 0 bridgehead atoms. The van der Waals surface area contributed by atoms with Crippen molar-refractivity contribution in [2.45, 2.75) is 0 Å². The van der Waals surface area contributed by atoms with Crippen LogP contribution in [0.15, 0.2) is 309 Å². The molecule has 0 unspecified atom stereocenters. The molecule has 0 spiro atoms. The van der Waals surface area contributed by atoms with E-state index in [2.05, 4.69) is 337 Å². The second-order valence-electron chi connectivity index (χ2n) is 23.9. The zero-order valence-electron chi connectivity index (χ0n) is 48.6. The van der Waals surface area contributed by atoms with Gasteiger partial charge >= 0.3 is 0 Å². The number of benzene rings is 13. The largest absolute Gasteiger partial charge is 0.309 e. The van der Waals surface area contributed by atoms with Crippen LogP contribution in [0.3, 0.4) is 0 Å². The Morgan fingerprint density at radius 3 is 0.678 bits per heavy atom. The number of pyridine rings is 1. The molecule has 7 heteroatoms. The summed E-state index contributed by atoms with van der Waals surface area (Å²) in [5.41, 5.74) is 20.2. The fourth-order valence-electron chi connectivity index (χ4n) is 15.3. The molecule has 0 fully saturated rings. The highest BCUT2D eigenvalue weighted by atomic mass is 15.1. The van der Waals surface area contributed by atoms with Crippen molar-refractivity contribution in [1.82, 2.24) is 32.4 Å². The molecule has 20 aromatic rings. The molecule has 20 rings (SSSR count). The molecule has 0 aliphatic rings. The molecule has 0 aliphatic carbocycles. The summed E-state index contributed by atoms with van der Waals surface area (Å²) >= 11 is 0. The number of hydrogen-bond acceptors (Lipinski definition) is 1. The Bertz CT molecular complexity index is 6120. The number of nitrogens with zero attached hydrogens (tertiary/aromatic N) is 7. The molecule has 0 radical (unpaired) electrons. The van der Waals surface area contributed by atoms with E-state index in [1.807, 2.05) is 0 Å². The Balaban J connectivity index is 0.851. The summed E-state index contributed by atoms with van der Waals surface area (Å²) in [6.45, 7) is 0. The van der Waals surface area contributed by atoms with Crippen LogP contribution < -0.4 is 0 Å². The van der Waals surface area contributed by atoms with Crippen LogP contribution in [0, 0.1) is 0 Å². The molecule has 0 amide bonds. The first-order chi connectivity index (χ1) is 44.7. The second-order valence-corrected chi connectivity index (χ2v) is 23.9. The third-order valence-corrected chi connectivity index (χ3v) is 19.2. The number of fused-ring (bicyclic) bond motifs is 18. The van der Waals surface area contributed by atoms with Gasteiger partial charge in [-0.3, -0.25) is 9.13 Å². The lowest BCUT2D eigenvalue weighted by Crippen LogP contribution is -2.05. The van der Waals surface area contributed by atoms with Gasteiger partial charge in [-0.1, -0.05) is 176 Å². The maximum absolute atomic E-state index is 5.95. The van der Waals surface area contributed by atoms with Crippen LogP contribution in [0.25, 0.3) is 176 Å². The highest BCUT2D eigenvalue weighted by Crippen LogP contribution is 2.45. The minimum Gasteiger partial charge on any atom is -0.309 e. The summed E-state index contributed by atoms with van der Waals surface area (Å²) in [5.74, 6) is 1.65. The minimum absolute atomic E-state index is 0.824. The smallest absolute Gasteiger partial charge is 0.140 e. The third kappa shape index (κ3) is 6.91. The lowest BCUT2D eigenvalue weighted by atomic mass is 10.1. The van der Waals surface area contributed by atoms with Crippen molar-refractivity contribution in [3.05, 3.63) is 309 Å². The molecule has 0 saturated heterocycles. The normalized spacial score (nSPS) is 12.2. The van der Waals surface area contributed by atoms with Gasteiger partial charge in [-0.05, 0) is 145 Å². The predicted molar refractivity (Wildman–Crippen MR) is 376 cm³/mol. The van der Waals surface area contributed by atoms with E-state index >= 15 is 0 Å². The van der Waals surface area contributed by atoms with Gasteiger partial charge in [0, 0.05) is 87.4 Å². The Kier molecular flexibility index (Phi) is 10.2. The lowest BCUT2D eigenvalue weighted by Gasteiger charge is -2.16. The van der Waals surface area contributed by atoms with Crippen LogP contribution >= 0.6 is 0 Å². The summed E-state index contributed by atoms with van der Waals surface area (Å²) in [7, 11) is 0. The Morgan fingerprint density at radius 2 is 0.389 bits per heavy atom. The van der Waals surface area contributed by atoms with E-state index in [0.29, 0.717) is 0 Å². The summed E-state index contributed by atoms with van der Waals surface area (Å²) in [4.78, 5) is 5.95. The third-order valence-electron chi connectivity index (χ3n) is 19.2. The maximum atomic E-state index is 5.95. The topological polar surface area (TPSA) is 42.5 Å². The van der Waals surface area contributed by atoms with E-state index in [1.165, 1.54) is 86.7 Å². The van der Waals surface area contributed by atoms with Crippen LogP contribution in [0.4, 0.5) is 0 Å². The molecule has 0 N–H and O–H groups in total. The van der Waals surface area contributed by atoms with E-state index in [0.717, 1.165) is 89.6 Å². The van der Waals surface area contributed by atoms with E-state index in [1.54, 1.807) is 0 Å². The fourth-order valence-corrected chi connectivity index (χ4v) is 15.3. The van der Waals surface area contributed by atoms with Gasteiger partial charge < -0.3 is 18.3 Å². The number of para-hydroxylation sites is 9. The van der Waals surface area contributed by atoms with Crippen molar-refractivity contribution in [2.24, 2.45) is 0 Å². The van der Waals surface area contributed by atoms with E-state index in [9.17, 15) is 0 Å². The molecule has 7 aromatic heterocycles. The summed E-state index contributed by atoms with van der Waals surface area (Å²) in [6, 6.07) is 114. The van der Waals surface area contributed by atoms with Gasteiger partial charge in [-0.2, -0.15) is 0 Å². The van der Waals surface area contributed by atoms with Crippen molar-refractivity contribution in [3.8, 4) is 45.5 Å². The molecule has 7 nitrogen and oxygen atoms in total. The highest BCUT2D eigenvalue weighted by molar-refractivity contribution is 6.22. The average molecular weight is 1150 g/mol. The molecule has 13 aromatic carbocycles. The first kappa shape index (κ1) is 49.0. The van der Waals surface area contributed by atoms with Crippen molar-refractivity contribution in [2.75, 3.05) is 0 Å². The van der Waals surface area contributed by atoms with Gasteiger partial charge in [-0.15, -0.1) is 0 Å². The molecule has 418 valence electrons. The Morgan fingerprint density at radius 1 is 0.156 bits per heavy atom. The van der Waals surface area contributed by atoms with Crippen molar-refractivity contribution in [3.63, 3.8) is 0 Å². The summed E-state index contributed by atoms with van der Waals surface area (Å²) < 4.78 is 14.5. The zero-order chi connectivity index (χ0) is 58.7. The van der Waals surface area contributed by atoms with Crippen LogP contribution in [0.1, 0.15) is 0 Å². The zero-order valence-corrected chi connectivity index (χ0v) is 48.6. The molecule has 0 aliphatic heterocycles. The molecular formula is C83H51N7. The average Bonchev–Trinajstić information content (AvgIpc) is 2.18. The van der Waals surface area contributed by atoms with Crippen LogP contribution in [0.2, 0.25) is 0 Å². The molecule has 90 heavy (non-hydrogen) atoms. The number of rotatable bonds is 7. The Hall–Kier alpha value is -12.2. The van der Waals surface area contributed by atoms with Crippen molar-refractivity contribution >= 4 is 131 Å². The standard InChI is InChI=1S/C83H51N7/c1-4-22-54(23-5-1)85-70-34-16-10-28-58(70)64-46-65-61-31-13-19-37-73(61)88(77(65)49-76(64)85)57-42-40-52(41-43-57)53-44-82(89-74-38-20-14-32-62(74)68-47-66-59-29-11-17-35-71(59)86(78(66)50-80(68)89)55-24-6-2-7-25-55)84-83(45-53)90-75-39-21-15-33-63(75)69-48-67-60-30-12-18-36-72(60)87(79(67)51-81(69)90)56-26-8-3-9-27-56/h1-51H. The van der Waals surface area contributed by atoms with Crippen molar-refractivity contribution < 1.29 is 0 Å². The van der Waals surface area contributed by atoms with Crippen LogP contribution in [-0.4, -0.2) is 32.4 Å². The summed E-state index contributed by atoms with van der Waals surface area (Å²) in [5, 5.41) is 14.5. The van der Waals surface area contributed by atoms with Crippen LogP contribution in [-0.2, 0) is 0 Å². The van der Waals surface area contributed by atoms with Gasteiger partial charge in [0.1, 0.15) is 11.6 Å². The maximum Gasteiger partial charge on any atom is 0.140 e. The van der Waals surface area contributed by atoms with E-state index < -0.39 is 0 Å². The van der Waals surface area contributed by atoms with Crippen molar-refractivity contribution in [1.29, 1.82) is 0 Å². The first-order valence-corrected chi connectivity index (χ1v) is 30.9. The van der Waals surface area contributed by atoms with Gasteiger partial charge in [0.2, 0.25) is 0 Å². The van der Waals surface area contributed by atoms with Gasteiger partial charge in [-0.25, -0.2) is 4.98 Å². The highest BCUT2D eigenvalue weighted by Gasteiger charge is 2.25. The lowest BCUT2D eigenvalue weighted by molar-refractivity contribution is 1.01. The number of aromatic nitrogens is 7. The van der Waals surface area contributed by atoms with Gasteiger partial charge in [0.25, 0.3) is 0 Å². The monoisotopic (exact) mass is 1150 g/mol. The van der Waals surface area contributed by atoms with Gasteiger partial charge in [0.05, 0.1) is 66.2 Å². The summed E-state index contributed by atoms with van der Waals surface area (Å²) in [6.07, 6.45) is 0. The molecule has 7 heterocycles. The van der Waals surface area contributed by atoms with Gasteiger partial charge in [0.15, 0.2) is 0 Å². The van der Waals surface area contributed by atoms with E-state index in [4.69, 9.17) is 4.98 Å². The van der Waals surface area contributed by atoms with E-state index in [-0.39, 0.29) is 0 Å². The first-order valence-electron chi connectivity index (χ1n) is 30.9. The van der Waals surface area contributed by atoms with Crippen LogP contribution in [0.5, 0.6) is 0 Å². The Labute approximate surface area is 515 Å². The minimum atomic E-state index is 0.824. The molecule has 0 atom stereocenters.